The zero-order chi connectivity index (χ0) is 12.3. The zero-order valence-corrected chi connectivity index (χ0v) is 10.9. The Morgan fingerprint density at radius 2 is 2.06 bits per heavy atom. The molecular weight excluding hydrogens is 236 g/mol. The maximum atomic E-state index is 12.2. The quantitative estimate of drug-likeness (QED) is 0.722. The Hall–Kier alpha value is -0.840. The minimum absolute atomic E-state index is 0.115. The minimum Gasteiger partial charge on any atom is -0.291 e. The van der Waals surface area contributed by atoms with Gasteiger partial charge in [-0.1, -0.05) is 26.2 Å². The Morgan fingerprint density at radius 1 is 1.35 bits per heavy atom. The second kappa shape index (κ2) is 5.67. The van der Waals surface area contributed by atoms with Gasteiger partial charge in [-0.3, -0.25) is 9.59 Å². The third kappa shape index (κ3) is 2.70. The molecule has 1 unspecified atom stereocenters. The van der Waals surface area contributed by atoms with Crippen LogP contribution in [0, 0.1) is 0 Å². The van der Waals surface area contributed by atoms with Gasteiger partial charge in [0.05, 0.1) is 12.3 Å². The van der Waals surface area contributed by atoms with Gasteiger partial charge in [0.25, 0.3) is 5.91 Å². The molecule has 1 aliphatic heterocycles. The van der Waals surface area contributed by atoms with Gasteiger partial charge < -0.3 is 0 Å². The van der Waals surface area contributed by atoms with Crippen LogP contribution in [-0.4, -0.2) is 40.0 Å². The number of amides is 1. The van der Waals surface area contributed by atoms with Crippen molar-refractivity contribution in [3.8, 4) is 0 Å². The van der Waals surface area contributed by atoms with Gasteiger partial charge in [-0.15, -0.1) is 11.8 Å². The van der Waals surface area contributed by atoms with Gasteiger partial charge in [-0.25, -0.2) is 5.01 Å². The van der Waals surface area contributed by atoms with E-state index in [1.54, 1.807) is 5.01 Å². The van der Waals surface area contributed by atoms with Crippen LogP contribution in [0.25, 0.3) is 0 Å². The molecule has 0 saturated heterocycles. The molecule has 0 aromatic carbocycles. The van der Waals surface area contributed by atoms with Gasteiger partial charge in [0.2, 0.25) is 0 Å². The van der Waals surface area contributed by atoms with Gasteiger partial charge in [-0.05, 0) is 18.6 Å². The number of carbonyl (C=O) groups excluding carboxylic acids is 2. The fourth-order valence-electron chi connectivity index (χ4n) is 2.41. The molecule has 2 aliphatic rings. The SMILES string of the molecule is CCSC1C(=O)C=NN(C2CCCCC2)C1=O. The molecule has 5 heteroatoms. The average molecular weight is 254 g/mol. The van der Waals surface area contributed by atoms with Crippen LogP contribution in [0.5, 0.6) is 0 Å². The Labute approximate surface area is 106 Å². The summed E-state index contributed by atoms with van der Waals surface area (Å²) in [5, 5.41) is 5.05. The van der Waals surface area contributed by atoms with E-state index < -0.39 is 5.25 Å². The van der Waals surface area contributed by atoms with Crippen molar-refractivity contribution in [3.05, 3.63) is 0 Å². The molecular formula is C12H18N2O2S. The molecule has 0 aromatic rings. The van der Waals surface area contributed by atoms with Crippen LogP contribution < -0.4 is 0 Å². The summed E-state index contributed by atoms with van der Waals surface area (Å²) in [4.78, 5) is 23.8. The second-order valence-corrected chi connectivity index (χ2v) is 5.84. The topological polar surface area (TPSA) is 49.7 Å². The molecule has 4 nitrogen and oxygen atoms in total. The third-order valence-electron chi connectivity index (χ3n) is 3.27. The molecule has 1 saturated carbocycles. The molecule has 17 heavy (non-hydrogen) atoms. The van der Waals surface area contributed by atoms with Crippen molar-refractivity contribution in [3.63, 3.8) is 0 Å². The lowest BCUT2D eigenvalue weighted by Crippen LogP contribution is -2.48. The van der Waals surface area contributed by atoms with Crippen LogP contribution in [0.2, 0.25) is 0 Å². The van der Waals surface area contributed by atoms with Crippen LogP contribution in [0.15, 0.2) is 5.10 Å². The summed E-state index contributed by atoms with van der Waals surface area (Å²) in [6, 6.07) is 0.209. The van der Waals surface area contributed by atoms with Crippen LogP contribution in [-0.2, 0) is 9.59 Å². The van der Waals surface area contributed by atoms with Crippen LogP contribution in [0.4, 0.5) is 0 Å². The number of hydrazone groups is 1. The highest BCUT2D eigenvalue weighted by Gasteiger charge is 2.37. The van der Waals surface area contributed by atoms with Gasteiger partial charge in [0.1, 0.15) is 5.25 Å². The van der Waals surface area contributed by atoms with E-state index in [4.69, 9.17) is 0 Å². The average Bonchev–Trinajstić information content (AvgIpc) is 2.36. The highest BCUT2D eigenvalue weighted by molar-refractivity contribution is 8.01. The largest absolute Gasteiger partial charge is 0.291 e. The van der Waals surface area contributed by atoms with E-state index in [0.717, 1.165) is 31.4 Å². The van der Waals surface area contributed by atoms with E-state index in [0.29, 0.717) is 0 Å². The smallest absolute Gasteiger partial charge is 0.264 e. The number of nitrogens with zero attached hydrogens (tertiary/aromatic N) is 2. The van der Waals surface area contributed by atoms with Crippen LogP contribution in [0.3, 0.4) is 0 Å². The number of hydrogen-bond donors (Lipinski definition) is 0. The van der Waals surface area contributed by atoms with Crippen molar-refractivity contribution < 1.29 is 9.59 Å². The summed E-state index contributed by atoms with van der Waals surface area (Å²) in [6.07, 6.45) is 6.91. The molecule has 2 rings (SSSR count). The normalized spacial score (nSPS) is 26.6. The number of thioether (sulfide) groups is 1. The summed E-state index contributed by atoms with van der Waals surface area (Å²) < 4.78 is 0. The predicted molar refractivity (Wildman–Crippen MR) is 69.1 cm³/mol. The molecule has 0 aromatic heterocycles. The van der Waals surface area contributed by atoms with Crippen molar-refractivity contribution in [1.82, 2.24) is 5.01 Å². The van der Waals surface area contributed by atoms with Crippen LogP contribution in [0.1, 0.15) is 39.0 Å². The number of hydrogen-bond acceptors (Lipinski definition) is 4. The predicted octanol–water partition coefficient (Wildman–Crippen LogP) is 1.84. The molecule has 94 valence electrons. The first-order valence-corrected chi connectivity index (χ1v) is 7.31. The Kier molecular flexibility index (Phi) is 4.20. The van der Waals surface area contributed by atoms with E-state index in [2.05, 4.69) is 5.10 Å². The fourth-order valence-corrected chi connectivity index (χ4v) is 3.21. The van der Waals surface area contributed by atoms with Crippen molar-refractivity contribution >= 4 is 29.7 Å². The third-order valence-corrected chi connectivity index (χ3v) is 4.37. The van der Waals surface area contributed by atoms with E-state index >= 15 is 0 Å². The Bertz CT molecular complexity index is 337. The molecule has 1 amide bonds. The lowest BCUT2D eigenvalue weighted by Gasteiger charge is -2.33. The maximum absolute atomic E-state index is 12.2. The number of Topliss-reactive ketones (excluding diaryl/α,β-unsaturated/α-hetero) is 1. The zero-order valence-electron chi connectivity index (χ0n) is 10.1. The molecule has 0 bridgehead atoms. The highest BCUT2D eigenvalue weighted by Crippen LogP contribution is 2.27. The summed E-state index contributed by atoms with van der Waals surface area (Å²) in [6.45, 7) is 1.96. The van der Waals surface area contributed by atoms with Crippen molar-refractivity contribution in [2.75, 3.05) is 5.75 Å². The minimum atomic E-state index is -0.556. The summed E-state index contributed by atoms with van der Waals surface area (Å²) in [5.74, 6) is 0.499. The van der Waals surface area contributed by atoms with Crippen molar-refractivity contribution in [2.45, 2.75) is 50.3 Å². The van der Waals surface area contributed by atoms with Gasteiger partial charge in [-0.2, -0.15) is 5.10 Å². The first kappa shape index (κ1) is 12.6. The lowest BCUT2D eigenvalue weighted by molar-refractivity contribution is -0.136. The number of ketones is 1. The Morgan fingerprint density at radius 3 is 2.71 bits per heavy atom. The van der Waals surface area contributed by atoms with E-state index in [9.17, 15) is 9.59 Å². The van der Waals surface area contributed by atoms with Crippen LogP contribution >= 0.6 is 11.8 Å². The second-order valence-electron chi connectivity index (χ2n) is 4.46. The van der Waals surface area contributed by atoms with E-state index in [-0.39, 0.29) is 17.7 Å². The molecule has 0 spiro atoms. The summed E-state index contributed by atoms with van der Waals surface area (Å²) in [7, 11) is 0. The van der Waals surface area contributed by atoms with Gasteiger partial charge in [0.15, 0.2) is 5.78 Å². The number of rotatable bonds is 3. The summed E-state index contributed by atoms with van der Waals surface area (Å²) in [5.41, 5.74) is 0. The molecule has 1 atom stereocenters. The standard InChI is InChI=1S/C12H18N2O2S/c1-2-17-11-10(15)8-13-14(12(11)16)9-6-4-3-5-7-9/h8-9,11H,2-7H2,1H3. The molecule has 0 N–H and O–H groups in total. The lowest BCUT2D eigenvalue weighted by atomic mass is 9.94. The molecule has 1 heterocycles. The van der Waals surface area contributed by atoms with Gasteiger partial charge in [0, 0.05) is 0 Å². The van der Waals surface area contributed by atoms with Gasteiger partial charge >= 0.3 is 0 Å². The molecule has 1 fully saturated rings. The Balaban J connectivity index is 2.10. The van der Waals surface area contributed by atoms with E-state index in [1.807, 2.05) is 6.92 Å². The summed E-state index contributed by atoms with van der Waals surface area (Å²) >= 11 is 1.40. The fraction of sp³-hybridized carbons (Fsp3) is 0.750. The molecule has 1 aliphatic carbocycles. The van der Waals surface area contributed by atoms with Crippen molar-refractivity contribution in [1.29, 1.82) is 0 Å². The first-order chi connectivity index (χ1) is 8.24. The maximum Gasteiger partial charge on any atom is 0.264 e. The van der Waals surface area contributed by atoms with Crippen molar-refractivity contribution in [2.24, 2.45) is 5.10 Å². The highest BCUT2D eigenvalue weighted by atomic mass is 32.2. The first-order valence-electron chi connectivity index (χ1n) is 6.26. The van der Waals surface area contributed by atoms with E-state index in [1.165, 1.54) is 24.4 Å². The number of carbonyl (C=O) groups is 2. The monoisotopic (exact) mass is 254 g/mol. The molecule has 0 radical (unpaired) electrons.